The number of allylic oxidation sites excluding steroid dienone is 2. The molecule has 0 aliphatic rings. The van der Waals surface area contributed by atoms with Gasteiger partial charge in [-0.3, -0.25) is 4.99 Å². The number of hydrogen-bond donors (Lipinski definition) is 0. The standard InChI is InChI=1S/C12H16.C6H11N/c1-5-10-7-6-8-11(9-10)12(2,3)4;1-3-4-5-6-7-2/h5-9H,1H2,2-4H3;4-6H,3H2,1-2H3/b;5-4-,7-6?. The quantitative estimate of drug-likeness (QED) is 0.653. The smallest absolute Gasteiger partial charge is 0.0277 e. The van der Waals surface area contributed by atoms with Crippen LogP contribution in [0.25, 0.3) is 6.08 Å². The fourth-order valence-corrected chi connectivity index (χ4v) is 1.42. The van der Waals surface area contributed by atoms with E-state index < -0.39 is 0 Å². The Morgan fingerprint density at radius 2 is 1.95 bits per heavy atom. The summed E-state index contributed by atoms with van der Waals surface area (Å²) in [5.41, 5.74) is 2.79. The van der Waals surface area contributed by atoms with E-state index in [1.54, 1.807) is 13.3 Å². The molecule has 19 heavy (non-hydrogen) atoms. The Morgan fingerprint density at radius 1 is 1.26 bits per heavy atom. The van der Waals surface area contributed by atoms with Crippen LogP contribution in [0.4, 0.5) is 0 Å². The van der Waals surface area contributed by atoms with Crippen LogP contribution < -0.4 is 0 Å². The Kier molecular flexibility index (Phi) is 8.52. The van der Waals surface area contributed by atoms with Gasteiger partial charge in [-0.2, -0.15) is 0 Å². The highest BCUT2D eigenvalue weighted by molar-refractivity contribution is 5.70. The lowest BCUT2D eigenvalue weighted by atomic mass is 9.86. The second-order valence-electron chi connectivity index (χ2n) is 5.32. The first-order chi connectivity index (χ1) is 8.95. The van der Waals surface area contributed by atoms with E-state index in [1.807, 2.05) is 12.2 Å². The average molecular weight is 257 g/mol. The van der Waals surface area contributed by atoms with Gasteiger partial charge in [0.15, 0.2) is 0 Å². The third-order valence-corrected chi connectivity index (χ3v) is 2.60. The zero-order chi connectivity index (χ0) is 14.7. The number of aliphatic imine (C=N–C) groups is 1. The highest BCUT2D eigenvalue weighted by Gasteiger charge is 2.12. The van der Waals surface area contributed by atoms with Crippen molar-refractivity contribution in [2.45, 2.75) is 39.5 Å². The molecule has 0 unspecified atom stereocenters. The summed E-state index contributed by atoms with van der Waals surface area (Å²) in [7, 11) is 1.76. The highest BCUT2D eigenvalue weighted by atomic mass is 14.6. The van der Waals surface area contributed by atoms with Crippen molar-refractivity contribution >= 4 is 12.3 Å². The van der Waals surface area contributed by atoms with Crippen molar-refractivity contribution in [3.63, 3.8) is 0 Å². The summed E-state index contributed by atoms with van der Waals surface area (Å²) in [4.78, 5) is 3.76. The molecule has 1 rings (SSSR count). The molecular formula is C18H27N. The SMILES string of the molecule is C=Cc1cccc(C(C)(C)C)c1.CC/C=C\C=NC. The summed E-state index contributed by atoms with van der Waals surface area (Å²) in [6, 6.07) is 8.50. The molecule has 0 aliphatic carbocycles. The first kappa shape index (κ1) is 17.4. The maximum Gasteiger partial charge on any atom is 0.0277 e. The Morgan fingerprint density at radius 3 is 2.42 bits per heavy atom. The molecule has 0 saturated heterocycles. The summed E-state index contributed by atoms with van der Waals surface area (Å²) in [5, 5.41) is 0. The van der Waals surface area contributed by atoms with Gasteiger partial charge in [-0.05, 0) is 29.0 Å². The normalized spacial score (nSPS) is 11.4. The molecule has 0 fully saturated rings. The molecule has 0 bridgehead atoms. The lowest BCUT2D eigenvalue weighted by molar-refractivity contribution is 0.590. The molecule has 1 aromatic rings. The van der Waals surface area contributed by atoms with Gasteiger partial charge in [0.25, 0.3) is 0 Å². The van der Waals surface area contributed by atoms with Crippen LogP contribution in [0.5, 0.6) is 0 Å². The van der Waals surface area contributed by atoms with E-state index in [1.165, 1.54) is 11.1 Å². The van der Waals surface area contributed by atoms with Gasteiger partial charge in [-0.15, -0.1) is 0 Å². The van der Waals surface area contributed by atoms with Gasteiger partial charge in [-0.1, -0.05) is 70.7 Å². The number of benzene rings is 1. The third-order valence-electron chi connectivity index (χ3n) is 2.60. The first-order valence-electron chi connectivity index (χ1n) is 6.76. The second kappa shape index (κ2) is 9.32. The largest absolute Gasteiger partial charge is 0.297 e. The Labute approximate surface area is 118 Å². The van der Waals surface area contributed by atoms with E-state index >= 15 is 0 Å². The van der Waals surface area contributed by atoms with Crippen LogP contribution in [0.2, 0.25) is 0 Å². The van der Waals surface area contributed by atoms with Crippen molar-refractivity contribution in [3.05, 3.63) is 54.1 Å². The van der Waals surface area contributed by atoms with E-state index in [-0.39, 0.29) is 5.41 Å². The molecule has 0 atom stereocenters. The molecule has 1 heteroatoms. The third kappa shape index (κ3) is 8.15. The van der Waals surface area contributed by atoms with Crippen molar-refractivity contribution < 1.29 is 0 Å². The van der Waals surface area contributed by atoms with Gasteiger partial charge in [0.1, 0.15) is 0 Å². The van der Waals surface area contributed by atoms with E-state index in [4.69, 9.17) is 0 Å². The van der Waals surface area contributed by atoms with Crippen LogP contribution in [-0.4, -0.2) is 13.3 Å². The zero-order valence-corrected chi connectivity index (χ0v) is 13.0. The van der Waals surface area contributed by atoms with Crippen molar-refractivity contribution in [1.29, 1.82) is 0 Å². The minimum Gasteiger partial charge on any atom is -0.297 e. The number of rotatable bonds is 3. The zero-order valence-electron chi connectivity index (χ0n) is 13.0. The van der Waals surface area contributed by atoms with Crippen molar-refractivity contribution in [2.75, 3.05) is 7.05 Å². The lowest BCUT2D eigenvalue weighted by Gasteiger charge is -2.19. The summed E-state index contributed by atoms with van der Waals surface area (Å²) >= 11 is 0. The second-order valence-corrected chi connectivity index (χ2v) is 5.32. The molecule has 0 aliphatic heterocycles. The fraction of sp³-hybridized carbons (Fsp3) is 0.389. The van der Waals surface area contributed by atoms with Crippen LogP contribution in [0.3, 0.4) is 0 Å². The summed E-state index contributed by atoms with van der Waals surface area (Å²) in [6.45, 7) is 12.5. The predicted octanol–water partition coefficient (Wildman–Crippen LogP) is 5.28. The van der Waals surface area contributed by atoms with Crippen LogP contribution in [0.1, 0.15) is 45.2 Å². The lowest BCUT2D eigenvalue weighted by Crippen LogP contribution is -2.10. The molecule has 1 aromatic carbocycles. The predicted molar refractivity (Wildman–Crippen MR) is 89.1 cm³/mol. The summed E-state index contributed by atoms with van der Waals surface area (Å²) in [5.74, 6) is 0. The van der Waals surface area contributed by atoms with Crippen molar-refractivity contribution in [3.8, 4) is 0 Å². The molecule has 0 radical (unpaired) electrons. The van der Waals surface area contributed by atoms with E-state index in [0.29, 0.717) is 0 Å². The van der Waals surface area contributed by atoms with Crippen LogP contribution in [0.15, 0.2) is 48.0 Å². The molecule has 0 saturated carbocycles. The van der Waals surface area contributed by atoms with E-state index in [9.17, 15) is 0 Å². The molecule has 104 valence electrons. The summed E-state index contributed by atoms with van der Waals surface area (Å²) in [6.07, 6.45) is 8.76. The van der Waals surface area contributed by atoms with E-state index in [0.717, 1.165) is 6.42 Å². The Balaban J connectivity index is 0.000000399. The van der Waals surface area contributed by atoms with E-state index in [2.05, 4.69) is 69.6 Å². The maximum atomic E-state index is 3.76. The molecule has 0 aromatic heterocycles. The maximum absolute atomic E-state index is 3.76. The number of nitrogens with zero attached hydrogens (tertiary/aromatic N) is 1. The molecule has 0 N–H and O–H groups in total. The fourth-order valence-electron chi connectivity index (χ4n) is 1.42. The number of hydrogen-bond acceptors (Lipinski definition) is 1. The minimum absolute atomic E-state index is 0.235. The molecule has 0 heterocycles. The molecular weight excluding hydrogens is 230 g/mol. The summed E-state index contributed by atoms with van der Waals surface area (Å²) < 4.78 is 0. The van der Waals surface area contributed by atoms with Gasteiger partial charge in [0.2, 0.25) is 0 Å². The van der Waals surface area contributed by atoms with Gasteiger partial charge >= 0.3 is 0 Å². The van der Waals surface area contributed by atoms with Crippen LogP contribution in [-0.2, 0) is 5.41 Å². The van der Waals surface area contributed by atoms with Gasteiger partial charge in [0.05, 0.1) is 0 Å². The molecule has 0 spiro atoms. The topological polar surface area (TPSA) is 12.4 Å². The van der Waals surface area contributed by atoms with Gasteiger partial charge in [0, 0.05) is 13.3 Å². The van der Waals surface area contributed by atoms with Gasteiger partial charge < -0.3 is 0 Å². The van der Waals surface area contributed by atoms with Crippen LogP contribution in [0, 0.1) is 0 Å². The first-order valence-corrected chi connectivity index (χ1v) is 6.76. The average Bonchev–Trinajstić information content (AvgIpc) is 2.39. The highest BCUT2D eigenvalue weighted by Crippen LogP contribution is 2.22. The molecule has 1 nitrogen and oxygen atoms in total. The Hall–Kier alpha value is -1.63. The van der Waals surface area contributed by atoms with Gasteiger partial charge in [-0.25, -0.2) is 0 Å². The van der Waals surface area contributed by atoms with Crippen LogP contribution >= 0.6 is 0 Å². The van der Waals surface area contributed by atoms with Crippen molar-refractivity contribution in [2.24, 2.45) is 4.99 Å². The minimum atomic E-state index is 0.235. The monoisotopic (exact) mass is 257 g/mol. The molecule has 0 amide bonds. The Bertz CT molecular complexity index is 420. The van der Waals surface area contributed by atoms with Crippen molar-refractivity contribution in [1.82, 2.24) is 0 Å².